The molecule has 0 aliphatic heterocycles. The molecular formula is C13H25F. The van der Waals surface area contributed by atoms with Gasteiger partial charge in [-0.25, -0.2) is 4.39 Å². The minimum absolute atomic E-state index is 0.139. The van der Waals surface area contributed by atoms with Crippen LogP contribution >= 0.6 is 0 Å². The Kier molecular flexibility index (Phi) is 2.75. The molecule has 0 aromatic carbocycles. The Bertz CT molecular complexity index is 208. The minimum atomic E-state index is -0.939. The van der Waals surface area contributed by atoms with E-state index in [0.717, 1.165) is 12.8 Å². The molecule has 1 heteroatoms. The first-order chi connectivity index (χ1) is 6.05. The molecule has 0 saturated heterocycles. The Morgan fingerprint density at radius 3 is 2.00 bits per heavy atom. The van der Waals surface area contributed by atoms with Gasteiger partial charge in [-0.1, -0.05) is 34.6 Å². The lowest BCUT2D eigenvalue weighted by Crippen LogP contribution is -2.44. The van der Waals surface area contributed by atoms with Crippen molar-refractivity contribution in [2.45, 2.75) is 66.5 Å². The monoisotopic (exact) mass is 200 g/mol. The molecule has 1 fully saturated rings. The molecular weight excluding hydrogens is 175 g/mol. The molecule has 0 N–H and O–H groups in total. The summed E-state index contributed by atoms with van der Waals surface area (Å²) in [6.45, 7) is 13.0. The van der Waals surface area contributed by atoms with Crippen LogP contribution in [0, 0.1) is 16.7 Å². The zero-order valence-corrected chi connectivity index (χ0v) is 10.6. The lowest BCUT2D eigenvalue weighted by atomic mass is 9.57. The van der Waals surface area contributed by atoms with Gasteiger partial charge in [0.05, 0.1) is 0 Å². The first kappa shape index (κ1) is 12.0. The van der Waals surface area contributed by atoms with E-state index in [9.17, 15) is 4.39 Å². The third kappa shape index (κ3) is 2.49. The summed E-state index contributed by atoms with van der Waals surface area (Å²) < 4.78 is 13.9. The van der Waals surface area contributed by atoms with Gasteiger partial charge in [-0.05, 0) is 42.9 Å². The molecule has 2 unspecified atom stereocenters. The molecule has 2 atom stereocenters. The third-order valence-electron chi connectivity index (χ3n) is 3.77. The van der Waals surface area contributed by atoms with Gasteiger partial charge in [-0.2, -0.15) is 0 Å². The highest BCUT2D eigenvalue weighted by molar-refractivity contribution is 4.96. The molecule has 0 radical (unpaired) electrons. The summed E-state index contributed by atoms with van der Waals surface area (Å²) >= 11 is 0. The second-order valence-electron chi connectivity index (χ2n) is 7.04. The maximum absolute atomic E-state index is 13.9. The van der Waals surface area contributed by atoms with Gasteiger partial charge in [0.25, 0.3) is 0 Å². The van der Waals surface area contributed by atoms with Gasteiger partial charge < -0.3 is 0 Å². The van der Waals surface area contributed by atoms with Gasteiger partial charge in [0, 0.05) is 0 Å². The van der Waals surface area contributed by atoms with Crippen molar-refractivity contribution in [2.75, 3.05) is 0 Å². The van der Waals surface area contributed by atoms with Crippen molar-refractivity contribution in [2.24, 2.45) is 16.7 Å². The van der Waals surface area contributed by atoms with Crippen LogP contribution in [-0.2, 0) is 0 Å². The second-order valence-corrected chi connectivity index (χ2v) is 7.04. The first-order valence-electron chi connectivity index (χ1n) is 5.74. The third-order valence-corrected chi connectivity index (χ3v) is 3.77. The predicted octanol–water partition coefficient (Wildman–Crippen LogP) is 4.59. The van der Waals surface area contributed by atoms with Gasteiger partial charge in [0.15, 0.2) is 0 Å². The van der Waals surface area contributed by atoms with E-state index in [2.05, 4.69) is 34.6 Å². The molecule has 1 aliphatic carbocycles. The topological polar surface area (TPSA) is 0 Å². The molecule has 0 nitrogen and oxygen atoms in total. The van der Waals surface area contributed by atoms with Gasteiger partial charge in [0.1, 0.15) is 5.67 Å². The molecule has 84 valence electrons. The largest absolute Gasteiger partial charge is 0.244 e. The van der Waals surface area contributed by atoms with Crippen molar-refractivity contribution >= 4 is 0 Å². The SMILES string of the molecule is CC1(F)CCC(C(C)(C)C)C(C)(C)C1. The van der Waals surface area contributed by atoms with Crippen LogP contribution in [0.4, 0.5) is 4.39 Å². The molecule has 1 saturated carbocycles. The normalized spacial score (nSPS) is 38.4. The van der Waals surface area contributed by atoms with E-state index in [1.54, 1.807) is 6.92 Å². The fourth-order valence-corrected chi connectivity index (χ4v) is 3.60. The number of rotatable bonds is 0. The lowest BCUT2D eigenvalue weighted by Gasteiger charge is -2.50. The summed E-state index contributed by atoms with van der Waals surface area (Å²) in [5, 5.41) is 0. The average molecular weight is 200 g/mol. The van der Waals surface area contributed by atoms with E-state index in [1.807, 2.05) is 0 Å². The van der Waals surface area contributed by atoms with Gasteiger partial charge in [-0.15, -0.1) is 0 Å². The van der Waals surface area contributed by atoms with E-state index >= 15 is 0 Å². The van der Waals surface area contributed by atoms with Gasteiger partial charge in [-0.3, -0.25) is 0 Å². The maximum Gasteiger partial charge on any atom is 0.108 e. The average Bonchev–Trinajstić information content (AvgIpc) is 1.76. The summed E-state index contributed by atoms with van der Waals surface area (Å²) in [7, 11) is 0. The fourth-order valence-electron chi connectivity index (χ4n) is 3.60. The molecule has 0 aromatic heterocycles. The smallest absolute Gasteiger partial charge is 0.108 e. The molecule has 1 rings (SSSR count). The van der Waals surface area contributed by atoms with Crippen molar-refractivity contribution in [1.82, 2.24) is 0 Å². The van der Waals surface area contributed by atoms with Crippen LogP contribution in [0.3, 0.4) is 0 Å². The van der Waals surface area contributed by atoms with Crippen LogP contribution in [0.5, 0.6) is 0 Å². The zero-order chi connectivity index (χ0) is 11.2. The van der Waals surface area contributed by atoms with Crippen LogP contribution in [0.1, 0.15) is 60.8 Å². The number of hydrogen-bond donors (Lipinski definition) is 0. The Hall–Kier alpha value is -0.0700. The fraction of sp³-hybridized carbons (Fsp3) is 1.00. The molecule has 14 heavy (non-hydrogen) atoms. The summed E-state index contributed by atoms with van der Waals surface area (Å²) in [4.78, 5) is 0. The second kappa shape index (κ2) is 3.21. The Morgan fingerprint density at radius 1 is 1.14 bits per heavy atom. The van der Waals surface area contributed by atoms with Crippen LogP contribution in [0.2, 0.25) is 0 Å². The number of halogens is 1. The highest BCUT2D eigenvalue weighted by Crippen LogP contribution is 2.53. The van der Waals surface area contributed by atoms with Gasteiger partial charge in [0.2, 0.25) is 0 Å². The van der Waals surface area contributed by atoms with Gasteiger partial charge >= 0.3 is 0 Å². The first-order valence-corrected chi connectivity index (χ1v) is 5.74. The minimum Gasteiger partial charge on any atom is -0.244 e. The quantitative estimate of drug-likeness (QED) is 0.536. The summed E-state index contributed by atoms with van der Waals surface area (Å²) in [6, 6.07) is 0. The Labute approximate surface area is 88.3 Å². The van der Waals surface area contributed by atoms with E-state index < -0.39 is 5.67 Å². The standard InChI is InChI=1S/C13H25F/c1-11(2,3)10-7-8-13(6,14)9-12(10,4)5/h10H,7-9H2,1-6H3. The summed E-state index contributed by atoms with van der Waals surface area (Å²) in [6.07, 6.45) is 2.48. The lowest BCUT2D eigenvalue weighted by molar-refractivity contribution is -0.0360. The molecule has 0 amide bonds. The molecule has 0 heterocycles. The van der Waals surface area contributed by atoms with E-state index in [1.165, 1.54) is 0 Å². The van der Waals surface area contributed by atoms with E-state index in [4.69, 9.17) is 0 Å². The van der Waals surface area contributed by atoms with Crippen LogP contribution in [-0.4, -0.2) is 5.67 Å². The molecule has 0 aromatic rings. The highest BCUT2D eigenvalue weighted by atomic mass is 19.1. The van der Waals surface area contributed by atoms with Crippen molar-refractivity contribution in [3.8, 4) is 0 Å². The van der Waals surface area contributed by atoms with Crippen molar-refractivity contribution < 1.29 is 4.39 Å². The van der Waals surface area contributed by atoms with Crippen LogP contribution in [0.25, 0.3) is 0 Å². The Morgan fingerprint density at radius 2 is 1.64 bits per heavy atom. The Balaban J connectivity index is 2.84. The number of hydrogen-bond acceptors (Lipinski definition) is 0. The van der Waals surface area contributed by atoms with E-state index in [-0.39, 0.29) is 5.41 Å². The number of alkyl halides is 1. The molecule has 0 bridgehead atoms. The molecule has 1 aliphatic rings. The van der Waals surface area contributed by atoms with Crippen LogP contribution in [0.15, 0.2) is 0 Å². The van der Waals surface area contributed by atoms with Crippen LogP contribution < -0.4 is 0 Å². The van der Waals surface area contributed by atoms with Crippen molar-refractivity contribution in [1.29, 1.82) is 0 Å². The maximum atomic E-state index is 13.9. The zero-order valence-electron chi connectivity index (χ0n) is 10.6. The predicted molar refractivity (Wildman–Crippen MR) is 60.1 cm³/mol. The molecule has 0 spiro atoms. The van der Waals surface area contributed by atoms with Crippen molar-refractivity contribution in [3.63, 3.8) is 0 Å². The summed E-state index contributed by atoms with van der Waals surface area (Å²) in [5.41, 5.74) is -0.495. The highest BCUT2D eigenvalue weighted by Gasteiger charge is 2.46. The van der Waals surface area contributed by atoms with E-state index in [0.29, 0.717) is 17.8 Å². The van der Waals surface area contributed by atoms with Crippen molar-refractivity contribution in [3.05, 3.63) is 0 Å². The summed E-state index contributed by atoms with van der Waals surface area (Å²) in [5.74, 6) is 0.638.